The SMILES string of the molecule is O.O.O=C(NC[C@H]1CN(c2ccc(N3CCOCC3=O)cc2)C(=O)O1)c1ccc(Cl)s1. The number of hydrogen-bond donors (Lipinski definition) is 1. The summed E-state index contributed by atoms with van der Waals surface area (Å²) >= 11 is 7.03. The first kappa shape index (κ1) is 24.6. The van der Waals surface area contributed by atoms with Crippen LogP contribution in [0.25, 0.3) is 0 Å². The van der Waals surface area contributed by atoms with Crippen molar-refractivity contribution >= 4 is 52.2 Å². The number of cyclic esters (lactones) is 1. The first-order chi connectivity index (χ1) is 14.0. The molecule has 12 heteroatoms. The molecule has 0 saturated carbocycles. The van der Waals surface area contributed by atoms with Gasteiger partial charge in [-0.15, -0.1) is 11.3 Å². The third-order valence-corrected chi connectivity index (χ3v) is 5.85. The van der Waals surface area contributed by atoms with Gasteiger partial charge in [0.25, 0.3) is 11.8 Å². The summed E-state index contributed by atoms with van der Waals surface area (Å²) in [6.07, 6.45) is -0.930. The lowest BCUT2D eigenvalue weighted by Gasteiger charge is -2.27. The first-order valence-electron chi connectivity index (χ1n) is 9.01. The third kappa shape index (κ3) is 5.51. The van der Waals surface area contributed by atoms with Gasteiger partial charge in [0, 0.05) is 17.9 Å². The second kappa shape index (κ2) is 10.6. The maximum Gasteiger partial charge on any atom is 0.414 e. The lowest BCUT2D eigenvalue weighted by Crippen LogP contribution is -2.41. The zero-order valence-electron chi connectivity index (χ0n) is 16.3. The van der Waals surface area contributed by atoms with Crippen LogP contribution in [-0.2, 0) is 14.3 Å². The summed E-state index contributed by atoms with van der Waals surface area (Å²) < 4.78 is 11.0. The summed E-state index contributed by atoms with van der Waals surface area (Å²) in [5.41, 5.74) is 1.42. The molecule has 5 N–H and O–H groups in total. The average Bonchev–Trinajstić information content (AvgIpc) is 3.32. The Morgan fingerprint density at radius 1 is 1.10 bits per heavy atom. The van der Waals surface area contributed by atoms with Crippen LogP contribution in [0.5, 0.6) is 0 Å². The molecule has 1 aromatic carbocycles. The highest BCUT2D eigenvalue weighted by atomic mass is 35.5. The predicted molar refractivity (Wildman–Crippen MR) is 116 cm³/mol. The Kier molecular flexibility index (Phi) is 8.36. The quantitative estimate of drug-likeness (QED) is 0.685. The van der Waals surface area contributed by atoms with Crippen LogP contribution in [0.2, 0.25) is 4.34 Å². The van der Waals surface area contributed by atoms with Gasteiger partial charge in [0.15, 0.2) is 0 Å². The van der Waals surface area contributed by atoms with E-state index >= 15 is 0 Å². The number of nitrogens with zero attached hydrogens (tertiary/aromatic N) is 2. The number of thiophene rings is 1. The molecule has 4 rings (SSSR count). The summed E-state index contributed by atoms with van der Waals surface area (Å²) in [5, 5.41) is 2.76. The van der Waals surface area contributed by atoms with Crippen LogP contribution in [0.4, 0.5) is 16.2 Å². The predicted octanol–water partition coefficient (Wildman–Crippen LogP) is 0.870. The lowest BCUT2D eigenvalue weighted by molar-refractivity contribution is -0.125. The zero-order chi connectivity index (χ0) is 20.4. The van der Waals surface area contributed by atoms with Crippen LogP contribution in [0.3, 0.4) is 0 Å². The van der Waals surface area contributed by atoms with Crippen LogP contribution in [0, 0.1) is 0 Å². The zero-order valence-corrected chi connectivity index (χ0v) is 17.9. The van der Waals surface area contributed by atoms with Crippen molar-refractivity contribution in [3.63, 3.8) is 0 Å². The van der Waals surface area contributed by atoms with Crippen molar-refractivity contribution in [2.24, 2.45) is 0 Å². The van der Waals surface area contributed by atoms with Crippen molar-refractivity contribution in [3.05, 3.63) is 45.6 Å². The van der Waals surface area contributed by atoms with E-state index in [2.05, 4.69) is 5.32 Å². The lowest BCUT2D eigenvalue weighted by atomic mass is 10.2. The average molecular weight is 472 g/mol. The number of rotatable bonds is 5. The number of carbonyl (C=O) groups is 3. The Labute approximate surface area is 186 Å². The van der Waals surface area contributed by atoms with Gasteiger partial charge in [-0.05, 0) is 36.4 Å². The Balaban J connectivity index is 0.00000171. The molecule has 10 nitrogen and oxygen atoms in total. The largest absolute Gasteiger partial charge is 0.442 e. The molecule has 2 saturated heterocycles. The second-order valence-electron chi connectivity index (χ2n) is 6.54. The number of amides is 3. The molecule has 1 atom stereocenters. The fraction of sp³-hybridized carbons (Fsp3) is 0.316. The summed E-state index contributed by atoms with van der Waals surface area (Å²) in [5.74, 6) is -0.344. The van der Waals surface area contributed by atoms with Crippen molar-refractivity contribution in [1.29, 1.82) is 0 Å². The number of halogens is 1. The highest BCUT2D eigenvalue weighted by molar-refractivity contribution is 7.18. The van der Waals surface area contributed by atoms with Crippen molar-refractivity contribution in [1.82, 2.24) is 5.32 Å². The molecule has 1 aromatic heterocycles. The topological polar surface area (TPSA) is 151 Å². The van der Waals surface area contributed by atoms with E-state index in [4.69, 9.17) is 21.1 Å². The van der Waals surface area contributed by atoms with E-state index in [-0.39, 0.29) is 35.9 Å². The van der Waals surface area contributed by atoms with Gasteiger partial charge in [-0.3, -0.25) is 14.5 Å². The molecule has 0 spiro atoms. The summed E-state index contributed by atoms with van der Waals surface area (Å²) in [6.45, 7) is 1.60. The van der Waals surface area contributed by atoms with Crippen molar-refractivity contribution in [2.75, 3.05) is 42.6 Å². The number of hydrogen-bond acceptors (Lipinski definition) is 6. The fourth-order valence-electron chi connectivity index (χ4n) is 3.17. The summed E-state index contributed by atoms with van der Waals surface area (Å²) in [4.78, 5) is 39.9. The maximum absolute atomic E-state index is 12.2. The van der Waals surface area contributed by atoms with E-state index in [1.165, 1.54) is 16.2 Å². The number of ether oxygens (including phenoxy) is 2. The molecule has 2 aromatic rings. The highest BCUT2D eigenvalue weighted by Crippen LogP contribution is 2.26. The van der Waals surface area contributed by atoms with Gasteiger partial charge in [0.05, 0.1) is 28.9 Å². The molecule has 31 heavy (non-hydrogen) atoms. The molecule has 3 heterocycles. The number of carbonyl (C=O) groups excluding carboxylic acids is 3. The van der Waals surface area contributed by atoms with Crippen LogP contribution in [-0.4, -0.2) is 67.8 Å². The molecule has 168 valence electrons. The molecule has 0 aliphatic carbocycles. The summed E-state index contributed by atoms with van der Waals surface area (Å²) in [6, 6.07) is 10.4. The van der Waals surface area contributed by atoms with Crippen LogP contribution >= 0.6 is 22.9 Å². The Morgan fingerprint density at radius 2 is 1.77 bits per heavy atom. The highest BCUT2D eigenvalue weighted by Gasteiger charge is 2.33. The third-order valence-electron chi connectivity index (χ3n) is 4.62. The molecule has 2 aliphatic heterocycles. The van der Waals surface area contributed by atoms with Crippen LogP contribution in [0.1, 0.15) is 9.67 Å². The van der Waals surface area contributed by atoms with E-state index in [0.29, 0.717) is 34.6 Å². The molecular formula is C19H22ClN3O7S. The van der Waals surface area contributed by atoms with E-state index in [9.17, 15) is 14.4 Å². The van der Waals surface area contributed by atoms with Crippen molar-refractivity contribution in [3.8, 4) is 0 Å². The molecule has 2 fully saturated rings. The van der Waals surface area contributed by atoms with Gasteiger partial charge in [-0.25, -0.2) is 4.79 Å². The van der Waals surface area contributed by atoms with Gasteiger partial charge < -0.3 is 30.6 Å². The Hall–Kier alpha value is -2.70. The summed E-state index contributed by atoms with van der Waals surface area (Å²) in [7, 11) is 0. The van der Waals surface area contributed by atoms with Gasteiger partial charge in [0.2, 0.25) is 0 Å². The van der Waals surface area contributed by atoms with E-state index in [1.54, 1.807) is 41.3 Å². The minimum absolute atomic E-state index is 0. The van der Waals surface area contributed by atoms with E-state index < -0.39 is 12.2 Å². The maximum atomic E-state index is 12.2. The second-order valence-corrected chi connectivity index (χ2v) is 8.26. The van der Waals surface area contributed by atoms with E-state index in [1.807, 2.05) is 0 Å². The number of morpholine rings is 1. The van der Waals surface area contributed by atoms with Crippen LogP contribution < -0.4 is 15.1 Å². The number of nitrogens with one attached hydrogen (secondary N) is 1. The molecular weight excluding hydrogens is 450 g/mol. The monoisotopic (exact) mass is 471 g/mol. The minimum Gasteiger partial charge on any atom is -0.442 e. The Bertz CT molecular complexity index is 937. The van der Waals surface area contributed by atoms with Gasteiger partial charge in [-0.2, -0.15) is 0 Å². The van der Waals surface area contributed by atoms with Crippen LogP contribution in [0.15, 0.2) is 36.4 Å². The number of anilines is 2. The van der Waals surface area contributed by atoms with Gasteiger partial charge in [0.1, 0.15) is 12.7 Å². The van der Waals surface area contributed by atoms with Crippen molar-refractivity contribution in [2.45, 2.75) is 6.10 Å². The van der Waals surface area contributed by atoms with Crippen molar-refractivity contribution < 1.29 is 34.8 Å². The first-order valence-corrected chi connectivity index (χ1v) is 10.2. The molecule has 0 radical (unpaired) electrons. The van der Waals surface area contributed by atoms with Gasteiger partial charge in [-0.1, -0.05) is 11.6 Å². The van der Waals surface area contributed by atoms with Gasteiger partial charge >= 0.3 is 6.09 Å². The molecule has 0 unspecified atom stereocenters. The smallest absolute Gasteiger partial charge is 0.414 e. The Morgan fingerprint density at radius 3 is 2.39 bits per heavy atom. The minimum atomic E-state index is -0.474. The fourth-order valence-corrected chi connectivity index (χ4v) is 4.13. The van der Waals surface area contributed by atoms with E-state index in [0.717, 1.165) is 5.69 Å². The molecule has 2 aliphatic rings. The standard InChI is InChI=1S/C19H18ClN3O5S.2H2O/c20-16-6-5-15(29-16)18(25)21-9-14-10-23(19(26)28-14)13-3-1-12(2-4-13)22-7-8-27-11-17(22)24;;/h1-6,14H,7-11H2,(H,21,25);2*1H2/t14-;;/m0../s1. The normalized spacial score (nSPS) is 18.2. The molecule has 3 amide bonds. The molecule has 0 bridgehead atoms. The number of benzene rings is 1.